The summed E-state index contributed by atoms with van der Waals surface area (Å²) in [5, 5.41) is 4.64. The fraction of sp³-hybridized carbons (Fsp3) is 0.273. The molecular weight excluding hydrogens is 341 g/mol. The van der Waals surface area contributed by atoms with Crippen LogP contribution >= 0.6 is 0 Å². The van der Waals surface area contributed by atoms with Gasteiger partial charge in [0.2, 0.25) is 0 Å². The number of carbonyl (C=O) groups is 1. The maximum atomic E-state index is 14.3. The van der Waals surface area contributed by atoms with Gasteiger partial charge < -0.3 is 4.90 Å². The number of hydrogen-bond acceptors (Lipinski definition) is 2. The summed E-state index contributed by atoms with van der Waals surface area (Å²) in [6.07, 6.45) is 2.03. The lowest BCUT2D eigenvalue weighted by Gasteiger charge is -2.17. The summed E-state index contributed by atoms with van der Waals surface area (Å²) >= 11 is 0. The van der Waals surface area contributed by atoms with Crippen LogP contribution in [0.4, 0.5) is 4.39 Å². The Kier molecular flexibility index (Phi) is 4.52. The Morgan fingerprint density at radius 2 is 1.78 bits per heavy atom. The molecule has 4 rings (SSSR count). The van der Waals surface area contributed by atoms with E-state index in [1.165, 1.54) is 6.07 Å². The third-order valence-electron chi connectivity index (χ3n) is 5.06. The van der Waals surface area contributed by atoms with Gasteiger partial charge in [0.15, 0.2) is 0 Å². The fourth-order valence-corrected chi connectivity index (χ4v) is 3.55. The molecule has 1 aliphatic rings. The third kappa shape index (κ3) is 3.25. The first kappa shape index (κ1) is 17.5. The van der Waals surface area contributed by atoms with Crippen LogP contribution in [0, 0.1) is 19.7 Å². The monoisotopic (exact) mass is 363 g/mol. The van der Waals surface area contributed by atoms with Gasteiger partial charge in [0.1, 0.15) is 11.5 Å². The van der Waals surface area contributed by atoms with Gasteiger partial charge in [-0.05, 0) is 62.1 Å². The SMILES string of the molecule is Cc1ccc(C)c(-n2nc(-c3ccccc3F)cc2C(=O)N2CCCC2)c1. The average molecular weight is 363 g/mol. The highest BCUT2D eigenvalue weighted by molar-refractivity contribution is 5.94. The highest BCUT2D eigenvalue weighted by atomic mass is 19.1. The van der Waals surface area contributed by atoms with Crippen molar-refractivity contribution in [3.63, 3.8) is 0 Å². The first-order valence-corrected chi connectivity index (χ1v) is 9.26. The molecule has 138 valence electrons. The molecule has 2 heterocycles. The molecule has 0 radical (unpaired) electrons. The number of rotatable bonds is 3. The summed E-state index contributed by atoms with van der Waals surface area (Å²) in [7, 11) is 0. The molecule has 0 bridgehead atoms. The zero-order valence-electron chi connectivity index (χ0n) is 15.6. The van der Waals surface area contributed by atoms with Crippen LogP contribution in [0.1, 0.15) is 34.5 Å². The molecular formula is C22H22FN3O. The van der Waals surface area contributed by atoms with E-state index in [-0.39, 0.29) is 11.7 Å². The minimum atomic E-state index is -0.344. The molecule has 0 atom stereocenters. The van der Waals surface area contributed by atoms with Crippen molar-refractivity contribution in [2.75, 3.05) is 13.1 Å². The van der Waals surface area contributed by atoms with Crippen LogP contribution < -0.4 is 0 Å². The Labute approximate surface area is 158 Å². The van der Waals surface area contributed by atoms with E-state index < -0.39 is 0 Å². The lowest BCUT2D eigenvalue weighted by Crippen LogP contribution is -2.29. The third-order valence-corrected chi connectivity index (χ3v) is 5.06. The topological polar surface area (TPSA) is 38.1 Å². The summed E-state index contributed by atoms with van der Waals surface area (Å²) in [5.74, 6) is -0.396. The second-order valence-corrected chi connectivity index (χ2v) is 7.10. The van der Waals surface area contributed by atoms with Crippen LogP contribution in [0.15, 0.2) is 48.5 Å². The standard InChI is InChI=1S/C22H22FN3O/c1-15-9-10-16(2)20(13-15)26-21(22(27)25-11-5-6-12-25)14-19(24-26)17-7-3-4-8-18(17)23/h3-4,7-10,13-14H,5-6,11-12H2,1-2H3. The van der Waals surface area contributed by atoms with Gasteiger partial charge in [-0.25, -0.2) is 9.07 Å². The van der Waals surface area contributed by atoms with E-state index in [1.807, 2.05) is 36.9 Å². The van der Waals surface area contributed by atoms with Crippen molar-refractivity contribution in [1.82, 2.24) is 14.7 Å². The number of hydrogen-bond donors (Lipinski definition) is 0. The van der Waals surface area contributed by atoms with E-state index in [9.17, 15) is 9.18 Å². The maximum absolute atomic E-state index is 14.3. The second-order valence-electron chi connectivity index (χ2n) is 7.10. The fourth-order valence-electron chi connectivity index (χ4n) is 3.55. The van der Waals surface area contributed by atoms with Gasteiger partial charge in [0.25, 0.3) is 5.91 Å². The maximum Gasteiger partial charge on any atom is 0.272 e. The Hall–Kier alpha value is -2.95. The van der Waals surface area contributed by atoms with Gasteiger partial charge in [-0.1, -0.05) is 24.3 Å². The van der Waals surface area contributed by atoms with Gasteiger partial charge in [-0.2, -0.15) is 5.10 Å². The molecule has 1 aliphatic heterocycles. The second kappa shape index (κ2) is 6.99. The molecule has 1 saturated heterocycles. The predicted octanol–water partition coefficient (Wildman–Crippen LogP) is 4.53. The zero-order valence-corrected chi connectivity index (χ0v) is 15.6. The van der Waals surface area contributed by atoms with Crippen molar-refractivity contribution < 1.29 is 9.18 Å². The molecule has 4 nitrogen and oxygen atoms in total. The Morgan fingerprint density at radius 3 is 2.52 bits per heavy atom. The Morgan fingerprint density at radius 1 is 1.04 bits per heavy atom. The predicted molar refractivity (Wildman–Crippen MR) is 104 cm³/mol. The van der Waals surface area contributed by atoms with Crippen LogP contribution in [0.5, 0.6) is 0 Å². The van der Waals surface area contributed by atoms with Crippen molar-refractivity contribution in [2.24, 2.45) is 0 Å². The van der Waals surface area contributed by atoms with E-state index >= 15 is 0 Å². The summed E-state index contributed by atoms with van der Waals surface area (Å²) in [5.41, 5.74) is 4.29. The molecule has 5 heteroatoms. The quantitative estimate of drug-likeness (QED) is 0.686. The minimum Gasteiger partial charge on any atom is -0.337 e. The molecule has 0 unspecified atom stereocenters. The van der Waals surface area contributed by atoms with Crippen LogP contribution in [-0.4, -0.2) is 33.7 Å². The number of halogens is 1. The average Bonchev–Trinajstić information content (AvgIpc) is 3.33. The molecule has 0 N–H and O–H groups in total. The Bertz CT molecular complexity index is 1000. The van der Waals surface area contributed by atoms with Gasteiger partial charge >= 0.3 is 0 Å². The van der Waals surface area contributed by atoms with Crippen molar-refractivity contribution >= 4 is 5.91 Å². The van der Waals surface area contributed by atoms with Crippen LogP contribution in [0.3, 0.4) is 0 Å². The molecule has 0 spiro atoms. The first-order chi connectivity index (χ1) is 13.0. The van der Waals surface area contributed by atoms with Gasteiger partial charge in [0.05, 0.1) is 11.4 Å². The summed E-state index contributed by atoms with van der Waals surface area (Å²) in [4.78, 5) is 15.0. The number of amides is 1. The minimum absolute atomic E-state index is 0.0523. The van der Waals surface area contributed by atoms with Crippen LogP contribution in [-0.2, 0) is 0 Å². The largest absolute Gasteiger partial charge is 0.337 e. The summed E-state index contributed by atoms with van der Waals surface area (Å²) in [6.45, 7) is 5.51. The smallest absolute Gasteiger partial charge is 0.272 e. The molecule has 2 aromatic carbocycles. The van der Waals surface area contributed by atoms with Crippen molar-refractivity contribution in [3.05, 3.63) is 71.2 Å². The number of benzene rings is 2. The highest BCUT2D eigenvalue weighted by Crippen LogP contribution is 2.27. The molecule has 0 saturated carbocycles. The number of likely N-dealkylation sites (tertiary alicyclic amines) is 1. The van der Waals surface area contributed by atoms with E-state index in [4.69, 9.17) is 0 Å². The summed E-state index contributed by atoms with van der Waals surface area (Å²) in [6, 6.07) is 14.3. The number of aromatic nitrogens is 2. The first-order valence-electron chi connectivity index (χ1n) is 9.26. The molecule has 3 aromatic rings. The number of nitrogens with zero attached hydrogens (tertiary/aromatic N) is 3. The zero-order chi connectivity index (χ0) is 19.0. The molecule has 1 aromatic heterocycles. The van der Waals surface area contributed by atoms with Gasteiger partial charge in [-0.3, -0.25) is 4.79 Å². The number of carbonyl (C=O) groups excluding carboxylic acids is 1. The number of aryl methyl sites for hydroxylation is 2. The van der Waals surface area contributed by atoms with Crippen LogP contribution in [0.2, 0.25) is 0 Å². The van der Waals surface area contributed by atoms with Gasteiger partial charge in [0, 0.05) is 18.7 Å². The van der Waals surface area contributed by atoms with Gasteiger partial charge in [-0.15, -0.1) is 0 Å². The van der Waals surface area contributed by atoms with E-state index in [2.05, 4.69) is 5.10 Å². The normalized spacial score (nSPS) is 14.0. The molecule has 0 aliphatic carbocycles. The highest BCUT2D eigenvalue weighted by Gasteiger charge is 2.26. The molecule has 27 heavy (non-hydrogen) atoms. The van der Waals surface area contributed by atoms with Crippen molar-refractivity contribution in [3.8, 4) is 16.9 Å². The summed E-state index contributed by atoms with van der Waals surface area (Å²) < 4.78 is 16.0. The van der Waals surface area contributed by atoms with E-state index in [1.54, 1.807) is 28.9 Å². The lowest BCUT2D eigenvalue weighted by atomic mass is 10.1. The molecule has 1 fully saturated rings. The lowest BCUT2D eigenvalue weighted by molar-refractivity contribution is 0.0784. The van der Waals surface area contributed by atoms with Crippen molar-refractivity contribution in [2.45, 2.75) is 26.7 Å². The van der Waals surface area contributed by atoms with Crippen molar-refractivity contribution in [1.29, 1.82) is 0 Å². The van der Waals surface area contributed by atoms with E-state index in [0.29, 0.717) is 17.0 Å². The van der Waals surface area contributed by atoms with Crippen LogP contribution in [0.25, 0.3) is 16.9 Å². The molecule has 1 amide bonds. The van der Waals surface area contributed by atoms with E-state index in [0.717, 1.165) is 42.7 Å². The Balaban J connectivity index is 1.89.